The highest BCUT2D eigenvalue weighted by molar-refractivity contribution is 6.18. The molecule has 0 saturated heterocycles. The molecule has 0 aliphatic heterocycles. The number of nitrogens with zero attached hydrogens (tertiary/aromatic N) is 4. The number of fused-ring (bicyclic) bond motifs is 1. The van der Waals surface area contributed by atoms with Gasteiger partial charge in [-0.15, -0.1) is 0 Å². The fourth-order valence-electron chi connectivity index (χ4n) is 3.39. The lowest BCUT2D eigenvalue weighted by atomic mass is 10.0. The average Bonchev–Trinajstić information content (AvgIpc) is 3.19. The summed E-state index contributed by atoms with van der Waals surface area (Å²) in [4.78, 5) is 32.9. The Kier molecular flexibility index (Phi) is 5.70. The third-order valence-corrected chi connectivity index (χ3v) is 4.92. The number of aryl methyl sites for hydroxylation is 1. The standard InChI is InChI=1S/C23H23FN6O/c1-4-15-6-5-14(10-25-15)9-16-7-8-17(21(24)30-16)20(31)18-11-26-22-19(18)23(28-12-27-22)29-13(2)3/h5-8,10-13H,4,9H2,1-3H3,(H2,26,27,28,29). The molecule has 0 aliphatic rings. The van der Waals surface area contributed by atoms with Crippen molar-refractivity contribution < 1.29 is 9.18 Å². The third kappa shape index (κ3) is 4.28. The maximum Gasteiger partial charge on any atom is 0.224 e. The van der Waals surface area contributed by atoms with E-state index in [9.17, 15) is 9.18 Å². The molecule has 0 aliphatic carbocycles. The lowest BCUT2D eigenvalue weighted by Crippen LogP contribution is -2.13. The summed E-state index contributed by atoms with van der Waals surface area (Å²) < 4.78 is 14.8. The number of pyridine rings is 2. The summed E-state index contributed by atoms with van der Waals surface area (Å²) in [6.45, 7) is 5.97. The van der Waals surface area contributed by atoms with Gasteiger partial charge in [-0.05, 0) is 44.0 Å². The predicted molar refractivity (Wildman–Crippen MR) is 117 cm³/mol. The summed E-state index contributed by atoms with van der Waals surface area (Å²) in [5, 5.41) is 3.74. The SMILES string of the molecule is CCc1ccc(Cc2ccc(C(=O)c3c[nH]c4ncnc(NC(C)C)c34)c(F)n2)cn1. The normalized spacial score (nSPS) is 11.3. The Morgan fingerprint density at radius 2 is 1.90 bits per heavy atom. The molecule has 4 rings (SSSR count). The number of carbonyl (C=O) groups is 1. The van der Waals surface area contributed by atoms with E-state index in [1.807, 2.05) is 32.9 Å². The Hall–Kier alpha value is -3.68. The Morgan fingerprint density at radius 1 is 1.10 bits per heavy atom. The zero-order valence-electron chi connectivity index (χ0n) is 17.6. The van der Waals surface area contributed by atoms with Crippen molar-refractivity contribution in [1.82, 2.24) is 24.9 Å². The van der Waals surface area contributed by atoms with Crippen molar-refractivity contribution in [3.8, 4) is 0 Å². The molecule has 0 unspecified atom stereocenters. The van der Waals surface area contributed by atoms with E-state index < -0.39 is 11.7 Å². The Labute approximate surface area is 179 Å². The van der Waals surface area contributed by atoms with E-state index in [4.69, 9.17) is 0 Å². The second kappa shape index (κ2) is 8.59. The van der Waals surface area contributed by atoms with Crippen LogP contribution in [0.2, 0.25) is 0 Å². The van der Waals surface area contributed by atoms with Crippen LogP contribution in [0.5, 0.6) is 0 Å². The Morgan fingerprint density at radius 3 is 2.58 bits per heavy atom. The number of anilines is 1. The topological polar surface area (TPSA) is 96.5 Å². The first kappa shape index (κ1) is 20.6. The minimum atomic E-state index is -0.801. The van der Waals surface area contributed by atoms with Gasteiger partial charge in [0, 0.05) is 36.2 Å². The van der Waals surface area contributed by atoms with E-state index in [2.05, 4.69) is 30.2 Å². The number of ketones is 1. The summed E-state index contributed by atoms with van der Waals surface area (Å²) >= 11 is 0. The van der Waals surface area contributed by atoms with Crippen LogP contribution < -0.4 is 5.32 Å². The van der Waals surface area contributed by atoms with Crippen LogP contribution in [0.15, 0.2) is 43.0 Å². The van der Waals surface area contributed by atoms with Gasteiger partial charge in [-0.2, -0.15) is 4.39 Å². The average molecular weight is 418 g/mol. The van der Waals surface area contributed by atoms with Crippen LogP contribution in [0.1, 0.15) is 53.6 Å². The van der Waals surface area contributed by atoms with E-state index in [1.54, 1.807) is 12.3 Å². The molecule has 0 saturated carbocycles. The maximum absolute atomic E-state index is 14.8. The molecule has 4 aromatic rings. The van der Waals surface area contributed by atoms with Crippen LogP contribution in [0, 0.1) is 5.95 Å². The van der Waals surface area contributed by atoms with E-state index in [0.717, 1.165) is 17.7 Å². The largest absolute Gasteiger partial charge is 0.367 e. The fourth-order valence-corrected chi connectivity index (χ4v) is 3.39. The van der Waals surface area contributed by atoms with Crippen molar-refractivity contribution in [2.45, 2.75) is 39.7 Å². The molecule has 0 fully saturated rings. The minimum Gasteiger partial charge on any atom is -0.367 e. The van der Waals surface area contributed by atoms with Crippen molar-refractivity contribution in [3.05, 3.63) is 77.0 Å². The van der Waals surface area contributed by atoms with E-state index in [-0.39, 0.29) is 11.6 Å². The number of nitrogens with one attached hydrogen (secondary N) is 2. The molecule has 4 aromatic heterocycles. The molecular weight excluding hydrogens is 395 g/mol. The first-order chi connectivity index (χ1) is 15.0. The first-order valence-electron chi connectivity index (χ1n) is 10.2. The van der Waals surface area contributed by atoms with Crippen LogP contribution in [-0.2, 0) is 12.8 Å². The van der Waals surface area contributed by atoms with Crippen LogP contribution in [0.25, 0.3) is 11.0 Å². The third-order valence-electron chi connectivity index (χ3n) is 4.92. The predicted octanol–water partition coefficient (Wildman–Crippen LogP) is 4.09. The lowest BCUT2D eigenvalue weighted by molar-refractivity contribution is 0.103. The molecule has 0 radical (unpaired) electrons. The van der Waals surface area contributed by atoms with E-state index >= 15 is 0 Å². The molecule has 158 valence electrons. The van der Waals surface area contributed by atoms with Gasteiger partial charge in [0.25, 0.3) is 0 Å². The lowest BCUT2D eigenvalue weighted by Gasteiger charge is -2.10. The molecule has 2 N–H and O–H groups in total. The summed E-state index contributed by atoms with van der Waals surface area (Å²) in [5.74, 6) is -0.749. The molecule has 0 bridgehead atoms. The van der Waals surface area contributed by atoms with Crippen LogP contribution in [-0.4, -0.2) is 36.7 Å². The molecule has 8 heteroatoms. The number of rotatable bonds is 7. The number of hydrogen-bond acceptors (Lipinski definition) is 6. The van der Waals surface area contributed by atoms with Gasteiger partial charge in [0.05, 0.1) is 16.5 Å². The van der Waals surface area contributed by atoms with Crippen LogP contribution in [0.3, 0.4) is 0 Å². The van der Waals surface area contributed by atoms with Gasteiger partial charge < -0.3 is 10.3 Å². The molecule has 7 nitrogen and oxygen atoms in total. The summed E-state index contributed by atoms with van der Waals surface area (Å²) in [7, 11) is 0. The Bertz CT molecular complexity index is 1230. The summed E-state index contributed by atoms with van der Waals surface area (Å²) in [5.41, 5.74) is 3.17. The van der Waals surface area contributed by atoms with Crippen LogP contribution in [0.4, 0.5) is 10.2 Å². The zero-order chi connectivity index (χ0) is 22.0. The van der Waals surface area contributed by atoms with Gasteiger partial charge in [0.15, 0.2) is 5.78 Å². The molecule has 0 spiro atoms. The number of aromatic amines is 1. The molecule has 31 heavy (non-hydrogen) atoms. The highest BCUT2D eigenvalue weighted by atomic mass is 19.1. The quantitative estimate of drug-likeness (QED) is 0.347. The van der Waals surface area contributed by atoms with Gasteiger partial charge in [0.1, 0.15) is 17.8 Å². The maximum atomic E-state index is 14.8. The van der Waals surface area contributed by atoms with Gasteiger partial charge >= 0.3 is 0 Å². The fraction of sp³-hybridized carbons (Fsp3) is 0.261. The molecule has 0 aromatic carbocycles. The van der Waals surface area contributed by atoms with Gasteiger partial charge in [-0.25, -0.2) is 15.0 Å². The molecule has 4 heterocycles. The van der Waals surface area contributed by atoms with E-state index in [1.165, 1.54) is 18.6 Å². The number of halogens is 1. The molecular formula is C23H23FN6O. The second-order valence-electron chi connectivity index (χ2n) is 7.61. The highest BCUT2D eigenvalue weighted by Crippen LogP contribution is 2.26. The molecule has 0 amide bonds. The van der Waals surface area contributed by atoms with Crippen molar-refractivity contribution in [2.24, 2.45) is 0 Å². The molecule has 0 atom stereocenters. The highest BCUT2D eigenvalue weighted by Gasteiger charge is 2.22. The second-order valence-corrected chi connectivity index (χ2v) is 7.61. The van der Waals surface area contributed by atoms with Gasteiger partial charge in [0.2, 0.25) is 5.95 Å². The van der Waals surface area contributed by atoms with Gasteiger partial charge in [-0.1, -0.05) is 13.0 Å². The number of hydrogen-bond donors (Lipinski definition) is 2. The Balaban J connectivity index is 1.63. The number of aromatic nitrogens is 5. The van der Waals surface area contributed by atoms with Crippen molar-refractivity contribution in [1.29, 1.82) is 0 Å². The van der Waals surface area contributed by atoms with Crippen LogP contribution >= 0.6 is 0 Å². The smallest absolute Gasteiger partial charge is 0.224 e. The number of H-pyrrole nitrogens is 1. The number of carbonyl (C=O) groups excluding carboxylic acids is 1. The summed E-state index contributed by atoms with van der Waals surface area (Å²) in [6.07, 6.45) is 6.01. The van der Waals surface area contributed by atoms with Gasteiger partial charge in [-0.3, -0.25) is 9.78 Å². The summed E-state index contributed by atoms with van der Waals surface area (Å²) in [6, 6.07) is 7.16. The minimum absolute atomic E-state index is 0.0940. The van der Waals surface area contributed by atoms with Crippen molar-refractivity contribution >= 4 is 22.6 Å². The van der Waals surface area contributed by atoms with Crippen molar-refractivity contribution in [3.63, 3.8) is 0 Å². The zero-order valence-corrected chi connectivity index (χ0v) is 17.6. The monoisotopic (exact) mass is 418 g/mol. The van der Waals surface area contributed by atoms with Crippen molar-refractivity contribution in [2.75, 3.05) is 5.32 Å². The first-order valence-corrected chi connectivity index (χ1v) is 10.2. The van der Waals surface area contributed by atoms with E-state index in [0.29, 0.717) is 34.5 Å².